The zero-order chi connectivity index (χ0) is 18.4. The number of rotatable bonds is 5. The summed E-state index contributed by atoms with van der Waals surface area (Å²) in [5.41, 5.74) is 2.57. The van der Waals surface area contributed by atoms with E-state index in [9.17, 15) is 9.59 Å². The highest BCUT2D eigenvalue weighted by atomic mass is 16.4. The quantitative estimate of drug-likeness (QED) is 0.867. The van der Waals surface area contributed by atoms with E-state index in [4.69, 9.17) is 5.11 Å². The van der Waals surface area contributed by atoms with Gasteiger partial charge in [-0.2, -0.15) is 0 Å². The molecule has 0 bridgehead atoms. The first-order valence-corrected chi connectivity index (χ1v) is 8.73. The van der Waals surface area contributed by atoms with E-state index < -0.39 is 5.97 Å². The number of benzene rings is 2. The summed E-state index contributed by atoms with van der Waals surface area (Å²) in [4.78, 5) is 27.4. The molecule has 0 saturated carbocycles. The summed E-state index contributed by atoms with van der Waals surface area (Å²) in [7, 11) is 0. The smallest absolute Gasteiger partial charge is 0.321 e. The fourth-order valence-electron chi connectivity index (χ4n) is 3.09. The number of urea groups is 1. The summed E-state index contributed by atoms with van der Waals surface area (Å²) in [6.45, 7) is 3.91. The van der Waals surface area contributed by atoms with Crippen LogP contribution in [0.5, 0.6) is 0 Å². The number of nitrogens with one attached hydrogen (secondary N) is 1. The van der Waals surface area contributed by atoms with E-state index in [1.165, 1.54) is 5.56 Å². The van der Waals surface area contributed by atoms with Gasteiger partial charge in [-0.05, 0) is 23.3 Å². The molecular formula is C20H23N3O3. The van der Waals surface area contributed by atoms with Gasteiger partial charge in [0.25, 0.3) is 0 Å². The van der Waals surface area contributed by atoms with Crippen LogP contribution in [0.25, 0.3) is 0 Å². The molecule has 6 heteroatoms. The molecule has 2 aromatic rings. The van der Waals surface area contributed by atoms with Gasteiger partial charge in [-0.1, -0.05) is 42.5 Å². The van der Waals surface area contributed by atoms with Crippen molar-refractivity contribution in [2.24, 2.45) is 0 Å². The van der Waals surface area contributed by atoms with Crippen LogP contribution in [-0.4, -0.2) is 53.1 Å². The highest BCUT2D eigenvalue weighted by Crippen LogP contribution is 2.14. The van der Waals surface area contributed by atoms with Crippen molar-refractivity contribution in [2.45, 2.75) is 13.0 Å². The van der Waals surface area contributed by atoms with Gasteiger partial charge >= 0.3 is 12.0 Å². The topological polar surface area (TPSA) is 72.9 Å². The Morgan fingerprint density at radius 1 is 0.923 bits per heavy atom. The van der Waals surface area contributed by atoms with E-state index in [1.807, 2.05) is 18.2 Å². The number of hydrogen-bond acceptors (Lipinski definition) is 3. The van der Waals surface area contributed by atoms with Crippen molar-refractivity contribution < 1.29 is 14.7 Å². The first-order valence-electron chi connectivity index (χ1n) is 8.73. The zero-order valence-corrected chi connectivity index (χ0v) is 14.6. The largest absolute Gasteiger partial charge is 0.481 e. The second kappa shape index (κ2) is 8.49. The van der Waals surface area contributed by atoms with Gasteiger partial charge in [0, 0.05) is 38.4 Å². The highest BCUT2D eigenvalue weighted by molar-refractivity contribution is 5.89. The van der Waals surface area contributed by atoms with Crippen LogP contribution in [0.1, 0.15) is 11.1 Å². The van der Waals surface area contributed by atoms with Gasteiger partial charge in [-0.25, -0.2) is 4.79 Å². The molecule has 2 amide bonds. The molecule has 0 radical (unpaired) electrons. The Hall–Kier alpha value is -2.86. The number of anilines is 1. The molecular weight excluding hydrogens is 330 g/mol. The van der Waals surface area contributed by atoms with Crippen LogP contribution < -0.4 is 5.32 Å². The fraction of sp³-hybridized carbons (Fsp3) is 0.300. The predicted molar refractivity (Wildman–Crippen MR) is 100 cm³/mol. The summed E-state index contributed by atoms with van der Waals surface area (Å²) in [6.07, 6.45) is -0.0537. The lowest BCUT2D eigenvalue weighted by Gasteiger charge is -2.34. The number of aliphatic carboxylic acids is 1. The Morgan fingerprint density at radius 3 is 2.31 bits per heavy atom. The summed E-state index contributed by atoms with van der Waals surface area (Å²) < 4.78 is 0. The molecule has 26 heavy (non-hydrogen) atoms. The molecule has 1 saturated heterocycles. The van der Waals surface area contributed by atoms with E-state index >= 15 is 0 Å². The molecule has 0 spiro atoms. The molecule has 1 fully saturated rings. The predicted octanol–water partition coefficient (Wildman–Crippen LogP) is 2.66. The lowest BCUT2D eigenvalue weighted by atomic mass is 10.1. The average Bonchev–Trinajstić information content (AvgIpc) is 2.63. The van der Waals surface area contributed by atoms with Crippen LogP contribution in [0.2, 0.25) is 0 Å². The molecule has 0 atom stereocenters. The van der Waals surface area contributed by atoms with Crippen molar-refractivity contribution in [3.8, 4) is 0 Å². The Balaban J connectivity index is 1.50. The van der Waals surface area contributed by atoms with Crippen molar-refractivity contribution in [3.63, 3.8) is 0 Å². The Labute approximate surface area is 153 Å². The molecule has 0 aliphatic carbocycles. The number of carbonyl (C=O) groups is 2. The first kappa shape index (κ1) is 17.9. The van der Waals surface area contributed by atoms with Gasteiger partial charge in [0.15, 0.2) is 0 Å². The molecule has 0 aromatic heterocycles. The Bertz CT molecular complexity index is 756. The Morgan fingerprint density at radius 2 is 1.62 bits per heavy atom. The van der Waals surface area contributed by atoms with Crippen molar-refractivity contribution >= 4 is 17.7 Å². The van der Waals surface area contributed by atoms with Gasteiger partial charge in [-0.3, -0.25) is 9.69 Å². The van der Waals surface area contributed by atoms with E-state index in [0.29, 0.717) is 24.3 Å². The fourth-order valence-corrected chi connectivity index (χ4v) is 3.09. The maximum absolute atomic E-state index is 12.4. The SMILES string of the molecule is O=C(O)Cc1cccc(NC(=O)N2CCN(Cc3ccccc3)CC2)c1. The summed E-state index contributed by atoms with van der Waals surface area (Å²) in [6, 6.07) is 17.2. The molecule has 1 heterocycles. The number of carboxylic acid groups (broad SMARTS) is 1. The standard InChI is InChI=1S/C20H23N3O3/c24-19(25)14-17-7-4-8-18(13-17)21-20(26)23-11-9-22(10-12-23)15-16-5-2-1-3-6-16/h1-8,13H,9-12,14-15H2,(H,21,26)(H,24,25). The number of amides is 2. The molecule has 0 unspecified atom stereocenters. The third kappa shape index (κ3) is 5.07. The molecule has 1 aliphatic rings. The van der Waals surface area contributed by atoms with Crippen molar-refractivity contribution in [1.82, 2.24) is 9.80 Å². The lowest BCUT2D eigenvalue weighted by Crippen LogP contribution is -2.49. The second-order valence-electron chi connectivity index (χ2n) is 6.45. The van der Waals surface area contributed by atoms with E-state index in [-0.39, 0.29) is 12.5 Å². The monoisotopic (exact) mass is 353 g/mol. The van der Waals surface area contributed by atoms with Gasteiger partial charge in [0.1, 0.15) is 0 Å². The van der Waals surface area contributed by atoms with Gasteiger partial charge < -0.3 is 15.3 Å². The van der Waals surface area contributed by atoms with Gasteiger partial charge in [0.05, 0.1) is 6.42 Å². The highest BCUT2D eigenvalue weighted by Gasteiger charge is 2.21. The molecule has 1 aliphatic heterocycles. The van der Waals surface area contributed by atoms with Crippen LogP contribution >= 0.6 is 0 Å². The van der Waals surface area contributed by atoms with Crippen molar-refractivity contribution in [3.05, 3.63) is 65.7 Å². The van der Waals surface area contributed by atoms with Crippen molar-refractivity contribution in [1.29, 1.82) is 0 Å². The van der Waals surface area contributed by atoms with Crippen LogP contribution in [0.15, 0.2) is 54.6 Å². The third-order valence-corrected chi connectivity index (χ3v) is 4.44. The number of nitrogens with zero attached hydrogens (tertiary/aromatic N) is 2. The molecule has 2 N–H and O–H groups in total. The number of hydrogen-bond donors (Lipinski definition) is 2. The van der Waals surface area contributed by atoms with E-state index in [0.717, 1.165) is 19.6 Å². The zero-order valence-electron chi connectivity index (χ0n) is 14.6. The van der Waals surface area contributed by atoms with Gasteiger partial charge in [-0.15, -0.1) is 0 Å². The van der Waals surface area contributed by atoms with E-state index in [1.54, 1.807) is 29.2 Å². The minimum Gasteiger partial charge on any atom is -0.481 e. The minimum atomic E-state index is -0.886. The van der Waals surface area contributed by atoms with Crippen LogP contribution in [0.4, 0.5) is 10.5 Å². The number of carboxylic acids is 1. The number of piperazine rings is 1. The number of carbonyl (C=O) groups excluding carboxylic acids is 1. The normalized spacial score (nSPS) is 14.8. The molecule has 136 valence electrons. The second-order valence-corrected chi connectivity index (χ2v) is 6.45. The first-order chi connectivity index (χ1) is 12.6. The summed E-state index contributed by atoms with van der Waals surface area (Å²) >= 11 is 0. The molecule has 6 nitrogen and oxygen atoms in total. The minimum absolute atomic E-state index is 0.0537. The maximum atomic E-state index is 12.4. The van der Waals surface area contributed by atoms with Gasteiger partial charge in [0.2, 0.25) is 0 Å². The van der Waals surface area contributed by atoms with Crippen LogP contribution in [0.3, 0.4) is 0 Å². The van der Waals surface area contributed by atoms with E-state index in [2.05, 4.69) is 22.3 Å². The molecule has 3 rings (SSSR count). The van der Waals surface area contributed by atoms with Crippen LogP contribution in [-0.2, 0) is 17.8 Å². The third-order valence-electron chi connectivity index (χ3n) is 4.44. The molecule has 2 aromatic carbocycles. The van der Waals surface area contributed by atoms with Crippen LogP contribution in [0, 0.1) is 0 Å². The Kier molecular flexibility index (Phi) is 5.86. The lowest BCUT2D eigenvalue weighted by molar-refractivity contribution is -0.136. The van der Waals surface area contributed by atoms with Crippen molar-refractivity contribution in [2.75, 3.05) is 31.5 Å². The maximum Gasteiger partial charge on any atom is 0.321 e. The summed E-state index contributed by atoms with van der Waals surface area (Å²) in [5, 5.41) is 11.7. The summed E-state index contributed by atoms with van der Waals surface area (Å²) in [5.74, 6) is -0.886. The average molecular weight is 353 g/mol.